The molecule has 24 heavy (non-hydrogen) atoms. The van der Waals surface area contributed by atoms with Gasteiger partial charge >= 0.3 is 0 Å². The van der Waals surface area contributed by atoms with Crippen molar-refractivity contribution in [1.29, 1.82) is 0 Å². The molecule has 3 rings (SSSR count). The molecule has 7 nitrogen and oxygen atoms in total. The first-order valence-electron chi connectivity index (χ1n) is 7.65. The second-order valence-electron chi connectivity index (χ2n) is 6.02. The number of allylic oxidation sites excluding steroid dienone is 2. The molecule has 3 N–H and O–H groups in total. The monoisotopic (exact) mass is 334 g/mol. The second kappa shape index (κ2) is 5.83. The van der Waals surface area contributed by atoms with Crippen LogP contribution >= 0.6 is 0 Å². The Kier molecular flexibility index (Phi) is 3.96. The smallest absolute Gasteiger partial charge is 0.232 e. The fourth-order valence-electron chi connectivity index (χ4n) is 3.18. The number of phenolic OH excluding ortho intramolecular Hbond substituents is 2. The van der Waals surface area contributed by atoms with Crippen molar-refractivity contribution in [2.24, 2.45) is 0 Å². The first-order valence-corrected chi connectivity index (χ1v) is 7.65. The summed E-state index contributed by atoms with van der Waals surface area (Å²) in [5.41, 5.74) is -0.244. The number of Topliss-reactive ketones (excluding diaryl/α,β-unsaturated/α-hetero) is 1. The Bertz CT molecular complexity index is 761. The third kappa shape index (κ3) is 2.41. The first kappa shape index (κ1) is 16.3. The largest absolute Gasteiger partial charge is 0.507 e. The molecule has 2 atom stereocenters. The molecule has 2 aliphatic rings. The Morgan fingerprint density at radius 2 is 2.00 bits per heavy atom. The number of phenols is 2. The minimum atomic E-state index is -0.691. The molecular formula is C17H18O7. The Labute approximate surface area is 138 Å². The summed E-state index contributed by atoms with van der Waals surface area (Å²) in [4.78, 5) is 24.6. The summed E-state index contributed by atoms with van der Waals surface area (Å²) in [7, 11) is 1.24. The summed E-state index contributed by atoms with van der Waals surface area (Å²) in [6.45, 7) is 1.63. The highest BCUT2D eigenvalue weighted by molar-refractivity contribution is 6.26. The number of aromatic hydroxyl groups is 2. The van der Waals surface area contributed by atoms with Crippen molar-refractivity contribution in [2.45, 2.75) is 38.4 Å². The van der Waals surface area contributed by atoms with Gasteiger partial charge in [0.1, 0.15) is 11.9 Å². The number of aliphatic hydroxyl groups excluding tert-OH is 1. The summed E-state index contributed by atoms with van der Waals surface area (Å²) in [5.74, 6) is -2.35. The van der Waals surface area contributed by atoms with Crippen LogP contribution in [0, 0.1) is 0 Å². The normalized spacial score (nSPS) is 20.6. The Balaban J connectivity index is 2.14. The molecule has 1 aromatic rings. The zero-order valence-corrected chi connectivity index (χ0v) is 13.3. The number of benzene rings is 1. The predicted molar refractivity (Wildman–Crippen MR) is 82.6 cm³/mol. The Morgan fingerprint density at radius 1 is 1.29 bits per heavy atom. The van der Waals surface area contributed by atoms with Crippen LogP contribution in [-0.2, 0) is 11.2 Å². The SMILES string of the molecule is COC1=CC(=O)c2c(O)c3c(c(O)c2C1=O)O[C@@H](C[C@H](C)O)CC3. The number of hydrogen-bond acceptors (Lipinski definition) is 7. The van der Waals surface area contributed by atoms with Crippen molar-refractivity contribution in [3.63, 3.8) is 0 Å². The van der Waals surface area contributed by atoms with Gasteiger partial charge in [-0.15, -0.1) is 0 Å². The molecule has 0 unspecified atom stereocenters. The van der Waals surface area contributed by atoms with Crippen LogP contribution in [0.15, 0.2) is 11.8 Å². The van der Waals surface area contributed by atoms with E-state index in [1.165, 1.54) is 7.11 Å². The van der Waals surface area contributed by atoms with E-state index in [9.17, 15) is 24.9 Å². The molecule has 0 saturated heterocycles. The molecule has 0 fully saturated rings. The summed E-state index contributed by atoms with van der Waals surface area (Å²) >= 11 is 0. The van der Waals surface area contributed by atoms with E-state index < -0.39 is 23.4 Å². The fourth-order valence-corrected chi connectivity index (χ4v) is 3.18. The number of carbonyl (C=O) groups is 2. The van der Waals surface area contributed by atoms with Gasteiger partial charge in [0.25, 0.3) is 0 Å². The lowest BCUT2D eigenvalue weighted by atomic mass is 9.86. The Morgan fingerprint density at radius 3 is 2.62 bits per heavy atom. The lowest BCUT2D eigenvalue weighted by Gasteiger charge is -2.30. The average Bonchev–Trinajstić information content (AvgIpc) is 2.53. The van der Waals surface area contributed by atoms with Gasteiger partial charge in [0.05, 0.1) is 24.3 Å². The number of rotatable bonds is 3. The van der Waals surface area contributed by atoms with Crippen molar-refractivity contribution in [3.8, 4) is 17.2 Å². The van der Waals surface area contributed by atoms with E-state index in [0.29, 0.717) is 24.8 Å². The minimum Gasteiger partial charge on any atom is -0.507 e. The topological polar surface area (TPSA) is 113 Å². The van der Waals surface area contributed by atoms with Gasteiger partial charge in [0.15, 0.2) is 23.0 Å². The Hall–Kier alpha value is -2.54. The van der Waals surface area contributed by atoms with Gasteiger partial charge in [-0.3, -0.25) is 9.59 Å². The van der Waals surface area contributed by atoms with Crippen LogP contribution < -0.4 is 4.74 Å². The average molecular weight is 334 g/mol. The molecule has 0 spiro atoms. The van der Waals surface area contributed by atoms with Crippen LogP contribution in [0.1, 0.15) is 46.0 Å². The number of ether oxygens (including phenoxy) is 2. The van der Waals surface area contributed by atoms with E-state index in [1.54, 1.807) is 6.92 Å². The third-order valence-electron chi connectivity index (χ3n) is 4.28. The highest BCUT2D eigenvalue weighted by Crippen LogP contribution is 2.48. The van der Waals surface area contributed by atoms with Crippen LogP contribution in [0.25, 0.3) is 0 Å². The lowest BCUT2D eigenvalue weighted by molar-refractivity contribution is 0.0863. The van der Waals surface area contributed by atoms with E-state index in [1.807, 2.05) is 0 Å². The van der Waals surface area contributed by atoms with Crippen molar-refractivity contribution < 1.29 is 34.4 Å². The number of aliphatic hydroxyl groups is 1. The molecule has 128 valence electrons. The van der Waals surface area contributed by atoms with Crippen molar-refractivity contribution >= 4 is 11.6 Å². The molecule has 1 heterocycles. The minimum absolute atomic E-state index is 0.0124. The predicted octanol–water partition coefficient (Wildman–Crippen LogP) is 1.47. The number of carbonyl (C=O) groups excluding carboxylic acids is 2. The molecule has 0 bridgehead atoms. The molecule has 1 aromatic carbocycles. The van der Waals surface area contributed by atoms with E-state index in [-0.39, 0.29) is 34.5 Å². The maximum absolute atomic E-state index is 12.4. The standard InChI is InChI=1S/C17H18O7/c1-7(18)5-8-3-4-9-14(20)12-10(19)6-11(23-2)15(21)13(12)16(22)17(9)24-8/h6-8,18,20,22H,3-5H2,1-2H3/t7-,8+/m0/s1. The molecule has 0 radical (unpaired) electrons. The van der Waals surface area contributed by atoms with E-state index in [0.717, 1.165) is 6.08 Å². The molecule has 1 aliphatic heterocycles. The van der Waals surface area contributed by atoms with E-state index in [2.05, 4.69) is 0 Å². The molecule has 0 aromatic heterocycles. The molecule has 0 amide bonds. The van der Waals surface area contributed by atoms with Gasteiger partial charge in [-0.05, 0) is 19.8 Å². The molecule has 1 aliphatic carbocycles. The van der Waals surface area contributed by atoms with Gasteiger partial charge in [-0.25, -0.2) is 0 Å². The summed E-state index contributed by atoms with van der Waals surface area (Å²) in [6.07, 6.45) is 1.29. The van der Waals surface area contributed by atoms with Gasteiger partial charge < -0.3 is 24.8 Å². The maximum atomic E-state index is 12.4. The van der Waals surface area contributed by atoms with Crippen LogP contribution in [0.4, 0.5) is 0 Å². The van der Waals surface area contributed by atoms with Crippen LogP contribution in [-0.4, -0.2) is 46.2 Å². The number of hydrogen-bond donors (Lipinski definition) is 3. The highest BCUT2D eigenvalue weighted by atomic mass is 16.5. The van der Waals surface area contributed by atoms with E-state index in [4.69, 9.17) is 9.47 Å². The molecule has 0 saturated carbocycles. The second-order valence-corrected chi connectivity index (χ2v) is 6.02. The van der Waals surface area contributed by atoms with Crippen molar-refractivity contribution in [1.82, 2.24) is 0 Å². The number of methoxy groups -OCH3 is 1. The van der Waals surface area contributed by atoms with E-state index >= 15 is 0 Å². The number of fused-ring (bicyclic) bond motifs is 2. The van der Waals surface area contributed by atoms with Crippen LogP contribution in [0.5, 0.6) is 17.2 Å². The van der Waals surface area contributed by atoms with Crippen molar-refractivity contribution in [3.05, 3.63) is 28.5 Å². The van der Waals surface area contributed by atoms with Crippen molar-refractivity contribution in [2.75, 3.05) is 7.11 Å². The van der Waals surface area contributed by atoms with Gasteiger partial charge in [-0.1, -0.05) is 0 Å². The first-order chi connectivity index (χ1) is 11.3. The maximum Gasteiger partial charge on any atom is 0.232 e. The highest BCUT2D eigenvalue weighted by Gasteiger charge is 2.38. The molecular weight excluding hydrogens is 316 g/mol. The van der Waals surface area contributed by atoms with Gasteiger partial charge in [0, 0.05) is 18.1 Å². The summed E-state index contributed by atoms with van der Waals surface area (Å²) in [6, 6.07) is 0. The van der Waals surface area contributed by atoms with Crippen LogP contribution in [0.2, 0.25) is 0 Å². The van der Waals surface area contributed by atoms with Gasteiger partial charge in [-0.2, -0.15) is 0 Å². The summed E-state index contributed by atoms with van der Waals surface area (Å²) in [5, 5.41) is 30.4. The zero-order chi connectivity index (χ0) is 17.6. The quantitative estimate of drug-likeness (QED) is 0.717. The van der Waals surface area contributed by atoms with Gasteiger partial charge in [0.2, 0.25) is 5.78 Å². The zero-order valence-electron chi connectivity index (χ0n) is 13.3. The van der Waals surface area contributed by atoms with Crippen LogP contribution in [0.3, 0.4) is 0 Å². The molecule has 7 heteroatoms. The fraction of sp³-hybridized carbons (Fsp3) is 0.412. The number of ketones is 2. The third-order valence-corrected chi connectivity index (χ3v) is 4.28. The lowest BCUT2D eigenvalue weighted by Crippen LogP contribution is -2.28. The summed E-state index contributed by atoms with van der Waals surface area (Å²) < 4.78 is 10.5.